The van der Waals surface area contributed by atoms with Crippen molar-refractivity contribution in [2.45, 2.75) is 115 Å². The first-order chi connectivity index (χ1) is 22.2. The molecule has 0 radical (unpaired) electrons. The fourth-order valence-corrected chi connectivity index (χ4v) is 8.12. The number of alkyl carbamates (subject to hydrolysis) is 1. The lowest BCUT2D eigenvalue weighted by molar-refractivity contribution is -0.345. The average Bonchev–Trinajstić information content (AvgIpc) is 2.98. The first-order valence-corrected chi connectivity index (χ1v) is 16.2. The first kappa shape index (κ1) is 35.8. The number of hydrogen-bond donors (Lipinski definition) is 7. The van der Waals surface area contributed by atoms with Gasteiger partial charge in [0.2, 0.25) is 0 Å². The van der Waals surface area contributed by atoms with Crippen LogP contribution in [0.25, 0.3) is 0 Å². The van der Waals surface area contributed by atoms with Crippen LogP contribution in [-0.4, -0.2) is 123 Å². The van der Waals surface area contributed by atoms with Crippen molar-refractivity contribution in [1.29, 1.82) is 1.12 Å². The molecule has 3 fully saturated rings. The zero-order valence-electron chi connectivity index (χ0n) is 28.6. The monoisotopic (exact) mass is 687 g/mol. The molecule has 1 amide bonds. The molecule has 47 heavy (non-hydrogen) atoms. The molecule has 14 nitrogen and oxygen atoms in total. The van der Waals surface area contributed by atoms with Crippen LogP contribution >= 0.6 is 12.5 Å². The van der Waals surface area contributed by atoms with Gasteiger partial charge in [-0.2, -0.15) is 12.5 Å². The zero-order chi connectivity index (χ0) is 36.1. The number of rotatable bonds is 9. The summed E-state index contributed by atoms with van der Waals surface area (Å²) >= 11 is 0.712. The number of fused-ring (bicyclic) bond motifs is 5. The van der Waals surface area contributed by atoms with Gasteiger partial charge in [0.25, 0.3) is 0 Å². The number of carbonyl (C=O) groups excluding carboxylic acids is 4. The van der Waals surface area contributed by atoms with Crippen molar-refractivity contribution in [2.75, 3.05) is 19.0 Å². The molecule has 0 aromatic heterocycles. The smallest absolute Gasteiger partial charge is 0.407 e. The lowest BCUT2D eigenvalue weighted by atomic mass is 9.45. The van der Waals surface area contributed by atoms with Crippen LogP contribution in [0.1, 0.15) is 61.3 Å². The summed E-state index contributed by atoms with van der Waals surface area (Å²) in [4.78, 5) is 52.9. The average molecular weight is 688 g/mol. The van der Waals surface area contributed by atoms with Crippen LogP contribution < -0.4 is 5.32 Å². The van der Waals surface area contributed by atoms with Gasteiger partial charge in [-0.05, 0) is 38.8 Å². The SMILES string of the molecule is [3H]SCCOC(=O)N[C@@H](C=C(C)C)[C@@H](O)C(=O)OC1C[C@@]2(O)[C@@H](OC(C)=O)[C@@H]3[C@]4(O)CO[C@@H]4C[C@H](O)[C@@]3(C)C(=O)[C@H](O)C(=C1C)C2(C)C. The van der Waals surface area contributed by atoms with E-state index >= 15 is 0 Å². The Kier molecular flexibility index (Phi) is 9.94. The number of aliphatic hydroxyl groups is 5. The minimum Gasteiger partial charge on any atom is -0.459 e. The quantitative estimate of drug-likeness (QED) is 0.0564. The van der Waals surface area contributed by atoms with Crippen molar-refractivity contribution in [1.82, 2.24) is 5.32 Å². The van der Waals surface area contributed by atoms with Gasteiger partial charge < -0.3 is 49.8 Å². The molecule has 11 atom stereocenters. The normalized spacial score (nSPS) is 38.9. The number of thiol groups is 1. The summed E-state index contributed by atoms with van der Waals surface area (Å²) in [7, 11) is 0. The Labute approximate surface area is 280 Å². The topological polar surface area (TPSA) is 218 Å². The molecule has 4 aliphatic rings. The lowest BCUT2D eigenvalue weighted by Gasteiger charge is -2.66. The Bertz CT molecular complexity index is 1380. The molecule has 2 saturated carbocycles. The molecule has 4 rings (SSSR count). The molecule has 264 valence electrons. The molecule has 0 aromatic rings. The van der Waals surface area contributed by atoms with Gasteiger partial charge in [0, 0.05) is 36.9 Å². The number of ether oxygens (including phenoxy) is 4. The molecule has 3 aliphatic carbocycles. The zero-order valence-corrected chi connectivity index (χ0v) is 28.5. The summed E-state index contributed by atoms with van der Waals surface area (Å²) in [6, 6.07) is -1.31. The number of allylic oxidation sites excluding steroid dienone is 1. The van der Waals surface area contributed by atoms with Crippen molar-refractivity contribution in [3.63, 3.8) is 0 Å². The van der Waals surface area contributed by atoms with Gasteiger partial charge in [0.1, 0.15) is 37.2 Å². The van der Waals surface area contributed by atoms with Gasteiger partial charge in [-0.1, -0.05) is 25.5 Å². The third-order valence-electron chi connectivity index (χ3n) is 10.6. The Morgan fingerprint density at radius 3 is 2.38 bits per heavy atom. The fourth-order valence-electron chi connectivity index (χ4n) is 8.04. The van der Waals surface area contributed by atoms with E-state index in [1.807, 2.05) is 0 Å². The van der Waals surface area contributed by atoms with Crippen molar-refractivity contribution in [3.05, 3.63) is 22.8 Å². The van der Waals surface area contributed by atoms with Crippen molar-refractivity contribution >= 4 is 36.3 Å². The van der Waals surface area contributed by atoms with Gasteiger partial charge in [-0.3, -0.25) is 9.59 Å². The summed E-state index contributed by atoms with van der Waals surface area (Å²) < 4.78 is 29.2. The van der Waals surface area contributed by atoms with Crippen LogP contribution in [0.15, 0.2) is 22.8 Å². The predicted molar refractivity (Wildman–Crippen MR) is 167 cm³/mol. The summed E-state index contributed by atoms with van der Waals surface area (Å²) in [5.41, 5.74) is -6.76. The van der Waals surface area contributed by atoms with E-state index in [1.54, 1.807) is 13.8 Å². The van der Waals surface area contributed by atoms with Crippen LogP contribution in [0.3, 0.4) is 0 Å². The van der Waals surface area contributed by atoms with E-state index in [-0.39, 0.29) is 36.5 Å². The van der Waals surface area contributed by atoms with Gasteiger partial charge in [0.15, 0.2) is 11.9 Å². The third kappa shape index (κ3) is 6.02. The number of amides is 1. The predicted octanol–water partition coefficient (Wildman–Crippen LogP) is 0.120. The van der Waals surface area contributed by atoms with E-state index in [0.29, 0.717) is 18.1 Å². The Morgan fingerprint density at radius 2 is 1.83 bits per heavy atom. The van der Waals surface area contributed by atoms with Crippen molar-refractivity contribution in [2.24, 2.45) is 16.7 Å². The minimum atomic E-state index is -2.23. The molecular formula is C32H47NO13S. The summed E-state index contributed by atoms with van der Waals surface area (Å²) in [6.45, 7) is 9.98. The molecule has 1 saturated heterocycles. The Hall–Kier alpha value is -2.53. The highest BCUT2D eigenvalue weighted by molar-refractivity contribution is 7.80. The van der Waals surface area contributed by atoms with Crippen LogP contribution in [0, 0.1) is 16.7 Å². The van der Waals surface area contributed by atoms with Crippen molar-refractivity contribution in [3.8, 4) is 0 Å². The van der Waals surface area contributed by atoms with Crippen LogP contribution in [0.4, 0.5) is 4.79 Å². The highest BCUT2D eigenvalue weighted by atomic mass is 32.1. The molecule has 6 N–H and O–H groups in total. The lowest BCUT2D eigenvalue weighted by Crippen LogP contribution is -2.81. The largest absolute Gasteiger partial charge is 0.459 e. The highest BCUT2D eigenvalue weighted by Gasteiger charge is 2.76. The van der Waals surface area contributed by atoms with E-state index in [4.69, 9.17) is 20.1 Å². The van der Waals surface area contributed by atoms with Gasteiger partial charge >= 0.3 is 18.0 Å². The fraction of sp³-hybridized carbons (Fsp3) is 0.750. The molecule has 2 bridgehead atoms. The van der Waals surface area contributed by atoms with E-state index in [0.717, 1.165) is 6.92 Å². The molecule has 0 aromatic carbocycles. The van der Waals surface area contributed by atoms with E-state index < -0.39 is 101 Å². The van der Waals surface area contributed by atoms with Crippen molar-refractivity contribution < 1.29 is 63.7 Å². The number of aliphatic hydroxyl groups excluding tert-OH is 3. The molecule has 1 aliphatic heterocycles. The van der Waals surface area contributed by atoms with Crippen LogP contribution in [-0.2, 0) is 33.3 Å². The van der Waals surface area contributed by atoms with E-state index in [2.05, 4.69) is 5.32 Å². The summed E-state index contributed by atoms with van der Waals surface area (Å²) in [5, 5.41) is 61.3. The molecule has 15 heteroatoms. The standard InChI is InChI=1S/C32H47NO13S/c1-14(2)10-17(33-28(40)43-8-9-47)22(36)27(39)46-18-12-32(42)26(45-16(4)34)24-30(7,19(35)11-20-31(24,41)13-44-20)25(38)23(37)21(15(18)3)29(32,5)6/h10,17-20,22-24,26,35-37,41-42,47H,8-9,11-13H2,1-7H3,(H,33,40)/t17-,18?,19-,20+,22+,23+,24-,26-,30+,31-,32+/m0/s1/i/hT. The van der Waals surface area contributed by atoms with E-state index in [9.17, 15) is 44.7 Å². The van der Waals surface area contributed by atoms with Gasteiger partial charge in [-0.25, -0.2) is 9.59 Å². The second-order valence-corrected chi connectivity index (χ2v) is 14.5. The maximum atomic E-state index is 14.3. The summed E-state index contributed by atoms with van der Waals surface area (Å²) in [5.74, 6) is -4.23. The second-order valence-electron chi connectivity index (χ2n) is 14.1. The molecule has 1 heterocycles. The summed E-state index contributed by atoms with van der Waals surface area (Å²) in [6.07, 6.45) is -9.57. The van der Waals surface area contributed by atoms with E-state index in [1.165, 1.54) is 33.8 Å². The number of carbonyl (C=O) groups is 4. The molecular weight excluding hydrogens is 638 g/mol. The first-order valence-electron chi connectivity index (χ1n) is 16.0. The second kappa shape index (κ2) is 13.1. The number of hydrogen-bond acceptors (Lipinski definition) is 14. The van der Waals surface area contributed by atoms with Gasteiger partial charge in [0.05, 0.1) is 30.3 Å². The maximum absolute atomic E-state index is 14.3. The number of Topliss-reactive ketones (excluding diaryl/α,β-unsaturated/α-hetero) is 1. The van der Waals surface area contributed by atoms with Gasteiger partial charge in [-0.15, -0.1) is 0 Å². The third-order valence-corrected chi connectivity index (χ3v) is 10.8. The Morgan fingerprint density at radius 1 is 1.17 bits per heavy atom. The molecule has 1 unspecified atom stereocenters. The maximum Gasteiger partial charge on any atom is 0.407 e. The molecule has 0 spiro atoms. The Balaban J connectivity index is 1.79. The number of ketones is 1. The number of nitrogens with one attached hydrogen (secondary N) is 1. The van der Waals surface area contributed by atoms with Crippen LogP contribution in [0.5, 0.6) is 0 Å². The van der Waals surface area contributed by atoms with Crippen LogP contribution in [0.2, 0.25) is 0 Å². The minimum absolute atomic E-state index is 0.0358. The highest BCUT2D eigenvalue weighted by Crippen LogP contribution is 2.63. The number of esters is 2.